The Kier molecular flexibility index (Phi) is 5.78. The second-order valence-corrected chi connectivity index (χ2v) is 6.93. The Labute approximate surface area is 140 Å². The number of aliphatic carboxylic acids is 1. The van der Waals surface area contributed by atoms with Gasteiger partial charge in [-0.2, -0.15) is 0 Å². The number of benzene rings is 1. The van der Waals surface area contributed by atoms with Gasteiger partial charge >= 0.3 is 5.97 Å². The zero-order chi connectivity index (χ0) is 15.4. The van der Waals surface area contributed by atoms with E-state index in [0.29, 0.717) is 13.1 Å². The molecule has 1 atom stereocenters. The number of nitrogens with one attached hydrogen (secondary N) is 1. The lowest BCUT2D eigenvalue weighted by Gasteiger charge is -2.15. The van der Waals surface area contributed by atoms with E-state index < -0.39 is 5.97 Å². The number of halogens is 2. The molecule has 1 aromatic carbocycles. The standard InChI is InChI=1S/C14H16Br2N2O3/c15-10-1-2-12(11(16)6-10)17-13(19)8-18-4-3-9(7-18)5-14(20)21/h1-2,6,9H,3-5,7-8H2,(H,17,19)(H,20,21). The van der Waals surface area contributed by atoms with Crippen molar-refractivity contribution in [2.24, 2.45) is 5.92 Å². The van der Waals surface area contributed by atoms with Crippen molar-refractivity contribution in [1.29, 1.82) is 0 Å². The lowest BCUT2D eigenvalue weighted by Crippen LogP contribution is -2.31. The highest BCUT2D eigenvalue weighted by atomic mass is 79.9. The van der Waals surface area contributed by atoms with Crippen molar-refractivity contribution in [2.45, 2.75) is 12.8 Å². The molecule has 7 heteroatoms. The van der Waals surface area contributed by atoms with Gasteiger partial charge in [0.05, 0.1) is 12.2 Å². The fourth-order valence-electron chi connectivity index (χ4n) is 2.45. The summed E-state index contributed by atoms with van der Waals surface area (Å²) in [6.07, 6.45) is 1.01. The van der Waals surface area contributed by atoms with E-state index in [9.17, 15) is 9.59 Å². The average molecular weight is 420 g/mol. The van der Waals surface area contributed by atoms with E-state index in [4.69, 9.17) is 5.11 Å². The van der Waals surface area contributed by atoms with Crippen LogP contribution in [-0.4, -0.2) is 41.5 Å². The van der Waals surface area contributed by atoms with E-state index >= 15 is 0 Å². The highest BCUT2D eigenvalue weighted by Crippen LogP contribution is 2.26. The van der Waals surface area contributed by atoms with Crippen LogP contribution in [0.3, 0.4) is 0 Å². The molecule has 1 aliphatic rings. The van der Waals surface area contributed by atoms with Gasteiger partial charge < -0.3 is 10.4 Å². The lowest BCUT2D eigenvalue weighted by atomic mass is 10.1. The molecule has 0 radical (unpaired) electrons. The molecule has 1 saturated heterocycles. The van der Waals surface area contributed by atoms with Crippen molar-refractivity contribution in [3.05, 3.63) is 27.1 Å². The van der Waals surface area contributed by atoms with Gasteiger partial charge in [0, 0.05) is 21.9 Å². The largest absolute Gasteiger partial charge is 0.481 e. The zero-order valence-corrected chi connectivity index (χ0v) is 14.5. The maximum absolute atomic E-state index is 12.0. The number of carboxylic acid groups (broad SMARTS) is 1. The molecule has 2 rings (SSSR count). The van der Waals surface area contributed by atoms with Crippen molar-refractivity contribution in [2.75, 3.05) is 25.0 Å². The summed E-state index contributed by atoms with van der Waals surface area (Å²) in [6.45, 7) is 1.73. The fourth-order valence-corrected chi connectivity index (χ4v) is 3.60. The number of rotatable bonds is 5. The molecular formula is C14H16Br2N2O3. The van der Waals surface area contributed by atoms with Crippen LogP contribution in [0.2, 0.25) is 0 Å². The Hall–Kier alpha value is -0.920. The topological polar surface area (TPSA) is 69.6 Å². The SMILES string of the molecule is O=C(O)CC1CCN(CC(=O)Nc2ccc(Br)cc2Br)C1. The first-order chi connectivity index (χ1) is 9.94. The molecule has 0 aromatic heterocycles. The molecule has 0 saturated carbocycles. The number of hydrogen-bond acceptors (Lipinski definition) is 3. The predicted octanol–water partition coefficient (Wildman–Crippen LogP) is 2.95. The van der Waals surface area contributed by atoms with Crippen LogP contribution >= 0.6 is 31.9 Å². The summed E-state index contributed by atoms with van der Waals surface area (Å²) in [5, 5.41) is 11.6. The normalized spacial score (nSPS) is 18.7. The van der Waals surface area contributed by atoms with Gasteiger partial charge in [-0.3, -0.25) is 14.5 Å². The number of carbonyl (C=O) groups is 2. The van der Waals surface area contributed by atoms with Gasteiger partial charge in [-0.25, -0.2) is 0 Å². The predicted molar refractivity (Wildman–Crippen MR) is 87.3 cm³/mol. The number of carbonyl (C=O) groups excluding carboxylic acids is 1. The number of nitrogens with zero attached hydrogens (tertiary/aromatic N) is 1. The molecule has 1 aliphatic heterocycles. The van der Waals surface area contributed by atoms with Gasteiger partial charge in [0.15, 0.2) is 0 Å². The Morgan fingerprint density at radius 3 is 2.81 bits per heavy atom. The van der Waals surface area contributed by atoms with E-state index in [1.165, 1.54) is 0 Å². The van der Waals surface area contributed by atoms with Crippen molar-refractivity contribution in [3.63, 3.8) is 0 Å². The molecule has 2 N–H and O–H groups in total. The van der Waals surface area contributed by atoms with Crippen LogP contribution in [0.4, 0.5) is 5.69 Å². The fraction of sp³-hybridized carbons (Fsp3) is 0.429. The molecule has 1 aromatic rings. The molecule has 1 fully saturated rings. The minimum Gasteiger partial charge on any atom is -0.481 e. The highest BCUT2D eigenvalue weighted by Gasteiger charge is 2.25. The highest BCUT2D eigenvalue weighted by molar-refractivity contribution is 9.11. The summed E-state index contributed by atoms with van der Waals surface area (Å²) in [5.41, 5.74) is 0.726. The molecule has 1 unspecified atom stereocenters. The number of carboxylic acids is 1. The summed E-state index contributed by atoms with van der Waals surface area (Å²) in [5.74, 6) is -0.714. The molecule has 1 amide bonds. The number of anilines is 1. The van der Waals surface area contributed by atoms with Crippen LogP contribution < -0.4 is 5.32 Å². The summed E-state index contributed by atoms with van der Waals surface area (Å²) in [7, 11) is 0. The number of amides is 1. The summed E-state index contributed by atoms with van der Waals surface area (Å²) >= 11 is 6.76. The van der Waals surface area contributed by atoms with Crippen LogP contribution in [0, 0.1) is 5.92 Å². The smallest absolute Gasteiger partial charge is 0.303 e. The summed E-state index contributed by atoms with van der Waals surface area (Å²) in [4.78, 5) is 24.7. The average Bonchev–Trinajstić information content (AvgIpc) is 2.79. The maximum atomic E-state index is 12.0. The second kappa shape index (κ2) is 7.38. The Balaban J connectivity index is 1.84. The van der Waals surface area contributed by atoms with Gasteiger partial charge in [-0.15, -0.1) is 0 Å². The van der Waals surface area contributed by atoms with Crippen LogP contribution in [0.25, 0.3) is 0 Å². The molecule has 1 heterocycles. The van der Waals surface area contributed by atoms with Crippen LogP contribution in [0.15, 0.2) is 27.1 Å². The first-order valence-electron chi connectivity index (χ1n) is 6.63. The van der Waals surface area contributed by atoms with E-state index in [2.05, 4.69) is 37.2 Å². The third kappa shape index (κ3) is 5.09. The van der Waals surface area contributed by atoms with E-state index in [1.54, 1.807) is 0 Å². The van der Waals surface area contributed by atoms with Gasteiger partial charge in [0.2, 0.25) is 5.91 Å². The quantitative estimate of drug-likeness (QED) is 0.769. The van der Waals surface area contributed by atoms with Crippen LogP contribution in [-0.2, 0) is 9.59 Å². The molecule has 21 heavy (non-hydrogen) atoms. The monoisotopic (exact) mass is 418 g/mol. The van der Waals surface area contributed by atoms with Crippen molar-refractivity contribution < 1.29 is 14.7 Å². The lowest BCUT2D eigenvalue weighted by molar-refractivity contribution is -0.138. The Morgan fingerprint density at radius 2 is 2.14 bits per heavy atom. The van der Waals surface area contributed by atoms with Crippen molar-refractivity contribution in [3.8, 4) is 0 Å². The Morgan fingerprint density at radius 1 is 1.38 bits per heavy atom. The van der Waals surface area contributed by atoms with E-state index in [0.717, 1.165) is 27.6 Å². The minimum absolute atomic E-state index is 0.0889. The second-order valence-electron chi connectivity index (χ2n) is 5.16. The van der Waals surface area contributed by atoms with Crippen LogP contribution in [0.5, 0.6) is 0 Å². The van der Waals surface area contributed by atoms with E-state index in [-0.39, 0.29) is 18.2 Å². The summed E-state index contributed by atoms with van der Waals surface area (Å²) in [6, 6.07) is 5.55. The molecule has 114 valence electrons. The number of likely N-dealkylation sites (tertiary alicyclic amines) is 1. The van der Waals surface area contributed by atoms with Crippen molar-refractivity contribution >= 4 is 49.4 Å². The summed E-state index contributed by atoms with van der Waals surface area (Å²) < 4.78 is 1.75. The molecule has 0 bridgehead atoms. The van der Waals surface area contributed by atoms with Gasteiger partial charge in [0.1, 0.15) is 0 Å². The third-order valence-corrected chi connectivity index (χ3v) is 4.56. The molecule has 0 spiro atoms. The van der Waals surface area contributed by atoms with Crippen molar-refractivity contribution in [1.82, 2.24) is 4.90 Å². The maximum Gasteiger partial charge on any atom is 0.303 e. The van der Waals surface area contributed by atoms with Gasteiger partial charge in [-0.1, -0.05) is 15.9 Å². The minimum atomic E-state index is -0.773. The third-order valence-electron chi connectivity index (χ3n) is 3.41. The first kappa shape index (κ1) is 16.5. The first-order valence-corrected chi connectivity index (χ1v) is 8.21. The van der Waals surface area contributed by atoms with E-state index in [1.807, 2.05) is 23.1 Å². The van der Waals surface area contributed by atoms with Gasteiger partial charge in [-0.05, 0) is 53.0 Å². The molecular weight excluding hydrogens is 404 g/mol. The Bertz CT molecular complexity index is 551. The zero-order valence-electron chi connectivity index (χ0n) is 11.3. The van der Waals surface area contributed by atoms with Gasteiger partial charge in [0.25, 0.3) is 0 Å². The number of hydrogen-bond donors (Lipinski definition) is 2. The van der Waals surface area contributed by atoms with Crippen LogP contribution in [0.1, 0.15) is 12.8 Å². The molecule has 5 nitrogen and oxygen atoms in total. The molecule has 0 aliphatic carbocycles.